The number of ether oxygens (including phenoxy) is 1. The lowest BCUT2D eigenvalue weighted by atomic mass is 9.96. The molecule has 1 saturated carbocycles. The molecule has 0 heterocycles. The molecule has 2 amide bonds. The van der Waals surface area contributed by atoms with Gasteiger partial charge in [-0.1, -0.05) is 19.3 Å². The van der Waals surface area contributed by atoms with Crippen LogP contribution in [0.1, 0.15) is 46.0 Å². The van der Waals surface area contributed by atoms with Gasteiger partial charge in [-0.3, -0.25) is 0 Å². The lowest BCUT2D eigenvalue weighted by Crippen LogP contribution is -2.38. The van der Waals surface area contributed by atoms with Gasteiger partial charge in [-0.25, -0.2) is 4.79 Å². The van der Waals surface area contributed by atoms with Gasteiger partial charge < -0.3 is 15.4 Å². The van der Waals surface area contributed by atoms with Crippen molar-refractivity contribution >= 4 is 11.7 Å². The summed E-state index contributed by atoms with van der Waals surface area (Å²) in [5.41, 5.74) is 0.786. The highest BCUT2D eigenvalue weighted by Gasteiger charge is 2.15. The molecule has 110 valence electrons. The highest BCUT2D eigenvalue weighted by atomic mass is 16.5. The van der Waals surface area contributed by atoms with Crippen molar-refractivity contribution in [1.82, 2.24) is 5.32 Å². The van der Waals surface area contributed by atoms with Gasteiger partial charge in [-0.15, -0.1) is 0 Å². The van der Waals surface area contributed by atoms with Gasteiger partial charge in [0, 0.05) is 11.7 Å². The fourth-order valence-corrected chi connectivity index (χ4v) is 2.49. The average Bonchev–Trinajstić information content (AvgIpc) is 2.41. The first-order valence-electron chi connectivity index (χ1n) is 7.48. The van der Waals surface area contributed by atoms with Gasteiger partial charge in [-0.2, -0.15) is 0 Å². The lowest BCUT2D eigenvalue weighted by Gasteiger charge is -2.22. The number of carbonyl (C=O) groups excluding carboxylic acids is 1. The minimum absolute atomic E-state index is 0.116. The maximum atomic E-state index is 11.9. The molecule has 4 heteroatoms. The lowest BCUT2D eigenvalue weighted by molar-refractivity contribution is 0.242. The number of urea groups is 1. The number of rotatable bonds is 4. The second-order valence-electron chi connectivity index (χ2n) is 5.62. The van der Waals surface area contributed by atoms with Crippen LogP contribution >= 0.6 is 0 Å². The molecule has 1 aromatic carbocycles. The summed E-state index contributed by atoms with van der Waals surface area (Å²) in [4.78, 5) is 11.9. The van der Waals surface area contributed by atoms with E-state index in [9.17, 15) is 4.79 Å². The van der Waals surface area contributed by atoms with E-state index in [2.05, 4.69) is 10.6 Å². The number of amides is 2. The van der Waals surface area contributed by atoms with E-state index in [0.29, 0.717) is 6.04 Å². The standard InChI is InChI=1S/C16H24N2O2/c1-12(2)20-15-10-8-14(9-11-15)18-16(19)17-13-6-4-3-5-7-13/h8-13H,3-7H2,1-2H3,(H2,17,18,19). The van der Waals surface area contributed by atoms with Crippen molar-refractivity contribution in [3.63, 3.8) is 0 Å². The number of nitrogens with one attached hydrogen (secondary N) is 2. The SMILES string of the molecule is CC(C)Oc1ccc(NC(=O)NC2CCCCC2)cc1. The second-order valence-corrected chi connectivity index (χ2v) is 5.62. The first-order chi connectivity index (χ1) is 9.63. The third-order valence-electron chi connectivity index (χ3n) is 3.42. The predicted octanol–water partition coefficient (Wildman–Crippen LogP) is 3.93. The van der Waals surface area contributed by atoms with Crippen molar-refractivity contribution in [1.29, 1.82) is 0 Å². The molecular weight excluding hydrogens is 252 g/mol. The molecule has 0 aliphatic heterocycles. The summed E-state index contributed by atoms with van der Waals surface area (Å²) in [7, 11) is 0. The minimum Gasteiger partial charge on any atom is -0.491 e. The van der Waals surface area contributed by atoms with E-state index < -0.39 is 0 Å². The number of hydrogen-bond donors (Lipinski definition) is 2. The Balaban J connectivity index is 1.81. The molecule has 4 nitrogen and oxygen atoms in total. The highest BCUT2D eigenvalue weighted by molar-refractivity contribution is 5.89. The maximum Gasteiger partial charge on any atom is 0.319 e. The molecule has 1 aliphatic rings. The van der Waals surface area contributed by atoms with Gasteiger partial charge in [0.25, 0.3) is 0 Å². The summed E-state index contributed by atoms with van der Waals surface area (Å²) in [6, 6.07) is 7.67. The van der Waals surface area contributed by atoms with Crippen molar-refractivity contribution in [2.24, 2.45) is 0 Å². The molecule has 0 spiro atoms. The van der Waals surface area contributed by atoms with Crippen LogP contribution in [-0.4, -0.2) is 18.2 Å². The molecule has 0 saturated heterocycles. The van der Waals surface area contributed by atoms with E-state index in [-0.39, 0.29) is 12.1 Å². The van der Waals surface area contributed by atoms with Crippen LogP contribution in [0.5, 0.6) is 5.75 Å². The van der Waals surface area contributed by atoms with E-state index in [1.807, 2.05) is 38.1 Å². The second kappa shape index (κ2) is 7.17. The third-order valence-corrected chi connectivity index (χ3v) is 3.42. The summed E-state index contributed by atoms with van der Waals surface area (Å²) in [6.07, 6.45) is 6.06. The molecule has 0 bridgehead atoms. The molecule has 1 aromatic rings. The third kappa shape index (κ3) is 4.76. The first-order valence-corrected chi connectivity index (χ1v) is 7.48. The van der Waals surface area contributed by atoms with Crippen LogP contribution in [0.4, 0.5) is 10.5 Å². The van der Waals surface area contributed by atoms with Gasteiger partial charge in [0.05, 0.1) is 6.10 Å². The van der Waals surface area contributed by atoms with Crippen molar-refractivity contribution in [3.05, 3.63) is 24.3 Å². The monoisotopic (exact) mass is 276 g/mol. The van der Waals surface area contributed by atoms with Crippen LogP contribution in [0.2, 0.25) is 0 Å². The fraction of sp³-hybridized carbons (Fsp3) is 0.562. The maximum absolute atomic E-state index is 11.9. The van der Waals surface area contributed by atoms with Gasteiger partial charge in [-0.05, 0) is 51.0 Å². The van der Waals surface area contributed by atoms with E-state index in [0.717, 1.165) is 24.3 Å². The molecule has 2 N–H and O–H groups in total. The van der Waals surface area contributed by atoms with E-state index in [4.69, 9.17) is 4.74 Å². The molecular formula is C16H24N2O2. The molecule has 0 aromatic heterocycles. The number of hydrogen-bond acceptors (Lipinski definition) is 2. The topological polar surface area (TPSA) is 50.4 Å². The predicted molar refractivity (Wildman–Crippen MR) is 81.2 cm³/mol. The number of benzene rings is 1. The molecule has 0 unspecified atom stereocenters. The summed E-state index contributed by atoms with van der Waals surface area (Å²) in [5, 5.41) is 5.90. The van der Waals surface area contributed by atoms with Crippen LogP contribution in [0.3, 0.4) is 0 Å². The Hall–Kier alpha value is -1.71. The van der Waals surface area contributed by atoms with E-state index in [1.54, 1.807) is 0 Å². The van der Waals surface area contributed by atoms with Crippen LogP contribution in [0.15, 0.2) is 24.3 Å². The summed E-state index contributed by atoms with van der Waals surface area (Å²) < 4.78 is 5.57. The van der Waals surface area contributed by atoms with Crippen molar-refractivity contribution in [3.8, 4) is 5.75 Å². The zero-order valence-electron chi connectivity index (χ0n) is 12.3. The zero-order valence-corrected chi connectivity index (χ0v) is 12.3. The van der Waals surface area contributed by atoms with Crippen molar-refractivity contribution < 1.29 is 9.53 Å². The van der Waals surface area contributed by atoms with Crippen LogP contribution in [0, 0.1) is 0 Å². The minimum atomic E-state index is -0.116. The molecule has 1 fully saturated rings. The highest BCUT2D eigenvalue weighted by Crippen LogP contribution is 2.19. The number of anilines is 1. The summed E-state index contributed by atoms with van der Waals surface area (Å²) in [6.45, 7) is 3.98. The van der Waals surface area contributed by atoms with Crippen LogP contribution < -0.4 is 15.4 Å². The Morgan fingerprint density at radius 2 is 1.80 bits per heavy atom. The Morgan fingerprint density at radius 1 is 1.15 bits per heavy atom. The van der Waals surface area contributed by atoms with E-state index >= 15 is 0 Å². The van der Waals surface area contributed by atoms with Crippen molar-refractivity contribution in [2.75, 3.05) is 5.32 Å². The Bertz CT molecular complexity index is 423. The number of carbonyl (C=O) groups is 1. The van der Waals surface area contributed by atoms with Gasteiger partial charge >= 0.3 is 6.03 Å². The largest absolute Gasteiger partial charge is 0.491 e. The fourth-order valence-electron chi connectivity index (χ4n) is 2.49. The Kier molecular flexibility index (Phi) is 5.27. The van der Waals surface area contributed by atoms with Crippen LogP contribution in [0.25, 0.3) is 0 Å². The quantitative estimate of drug-likeness (QED) is 0.875. The van der Waals surface area contributed by atoms with Gasteiger partial charge in [0.1, 0.15) is 5.75 Å². The first kappa shape index (κ1) is 14.7. The molecule has 20 heavy (non-hydrogen) atoms. The molecule has 0 radical (unpaired) electrons. The summed E-state index contributed by atoms with van der Waals surface area (Å²) >= 11 is 0. The van der Waals surface area contributed by atoms with Crippen LogP contribution in [-0.2, 0) is 0 Å². The summed E-state index contributed by atoms with van der Waals surface area (Å²) in [5.74, 6) is 0.818. The Labute approximate surface area is 120 Å². The molecule has 0 atom stereocenters. The van der Waals surface area contributed by atoms with Crippen molar-refractivity contribution in [2.45, 2.75) is 58.1 Å². The van der Waals surface area contributed by atoms with E-state index in [1.165, 1.54) is 19.3 Å². The molecule has 2 rings (SSSR count). The average molecular weight is 276 g/mol. The zero-order chi connectivity index (χ0) is 14.4. The van der Waals surface area contributed by atoms with Gasteiger partial charge in [0.15, 0.2) is 0 Å². The smallest absolute Gasteiger partial charge is 0.319 e. The van der Waals surface area contributed by atoms with Gasteiger partial charge in [0.2, 0.25) is 0 Å². The normalized spacial score (nSPS) is 15.9. The molecule has 1 aliphatic carbocycles. The Morgan fingerprint density at radius 3 is 2.40 bits per heavy atom.